The van der Waals surface area contributed by atoms with Crippen LogP contribution in [0.25, 0.3) is 60.7 Å². The summed E-state index contributed by atoms with van der Waals surface area (Å²) in [5, 5.41) is 8.29. The lowest BCUT2D eigenvalue weighted by atomic mass is 9.94. The Labute approximate surface area is 220 Å². The Balaban J connectivity index is 1.29. The van der Waals surface area contributed by atoms with Gasteiger partial charge in [-0.05, 0) is 63.4 Å². The van der Waals surface area contributed by atoms with Crippen molar-refractivity contribution in [2.45, 2.75) is 6.17 Å². The van der Waals surface area contributed by atoms with Crippen molar-refractivity contribution in [3.63, 3.8) is 0 Å². The van der Waals surface area contributed by atoms with Crippen LogP contribution < -0.4 is 5.32 Å². The average molecular weight is 489 g/mol. The number of hydrogen-bond acceptors (Lipinski definition) is 3. The van der Waals surface area contributed by atoms with E-state index in [-0.39, 0.29) is 6.17 Å². The Kier molecular flexibility index (Phi) is 4.58. The third-order valence-corrected chi connectivity index (χ3v) is 7.64. The van der Waals surface area contributed by atoms with E-state index in [4.69, 9.17) is 4.42 Å². The van der Waals surface area contributed by atoms with E-state index in [0.29, 0.717) is 0 Å². The Morgan fingerprint density at radius 2 is 1.42 bits per heavy atom. The number of nitrogens with one attached hydrogen (secondary N) is 1. The maximum atomic E-state index is 6.59. The van der Waals surface area contributed by atoms with E-state index in [9.17, 15) is 0 Å². The molecule has 3 heteroatoms. The number of nitrogens with zero attached hydrogens (tertiary/aromatic N) is 1. The molecule has 6 aromatic rings. The lowest BCUT2D eigenvalue weighted by Gasteiger charge is -2.20. The van der Waals surface area contributed by atoms with Gasteiger partial charge in [0.15, 0.2) is 0 Å². The highest BCUT2D eigenvalue weighted by molar-refractivity contribution is 6.18. The molecule has 0 spiro atoms. The van der Waals surface area contributed by atoms with E-state index in [1.165, 1.54) is 27.5 Å². The molecular weight excluding hydrogens is 464 g/mol. The molecule has 8 rings (SSSR count). The van der Waals surface area contributed by atoms with Crippen molar-refractivity contribution in [2.75, 3.05) is 0 Å². The van der Waals surface area contributed by atoms with E-state index in [1.54, 1.807) is 0 Å². The normalized spacial score (nSPS) is 16.3. The summed E-state index contributed by atoms with van der Waals surface area (Å²) in [6.45, 7) is 0. The molecule has 3 heterocycles. The van der Waals surface area contributed by atoms with Crippen LogP contribution in [0.3, 0.4) is 0 Å². The van der Waals surface area contributed by atoms with Gasteiger partial charge in [-0.3, -0.25) is 0 Å². The summed E-state index contributed by atoms with van der Waals surface area (Å²) in [6.07, 6.45) is 10.7. The monoisotopic (exact) mass is 488 g/mol. The van der Waals surface area contributed by atoms with Crippen molar-refractivity contribution in [3.8, 4) is 22.3 Å². The van der Waals surface area contributed by atoms with E-state index < -0.39 is 0 Å². The molecule has 1 aromatic heterocycles. The number of furan rings is 1. The standard InChI is InChI=1S/C35H24N2O/c1-2-8-23(9-3-1)26-17-18-32-29(20-26)30-21-27-10-4-5-11-28(27)34(35(30)38-32)25-15-13-24(14-16-25)31-22-37-19-7-6-12-33(37)36-31/h1-22,33,36H. The van der Waals surface area contributed by atoms with E-state index in [1.807, 2.05) is 0 Å². The Morgan fingerprint density at radius 1 is 0.632 bits per heavy atom. The molecule has 1 atom stereocenters. The second-order valence-corrected chi connectivity index (χ2v) is 9.91. The first-order valence-corrected chi connectivity index (χ1v) is 13.0. The first-order chi connectivity index (χ1) is 18.8. The van der Waals surface area contributed by atoms with Crippen molar-refractivity contribution in [3.05, 3.63) is 139 Å². The van der Waals surface area contributed by atoms with Gasteiger partial charge < -0.3 is 14.6 Å². The van der Waals surface area contributed by atoms with Gasteiger partial charge in [0.1, 0.15) is 17.3 Å². The van der Waals surface area contributed by atoms with E-state index in [2.05, 4.69) is 144 Å². The molecule has 1 N–H and O–H groups in total. The summed E-state index contributed by atoms with van der Waals surface area (Å²) < 4.78 is 6.59. The van der Waals surface area contributed by atoms with Gasteiger partial charge >= 0.3 is 0 Å². The molecule has 5 aromatic carbocycles. The quantitative estimate of drug-likeness (QED) is 0.270. The fraction of sp³-hybridized carbons (Fsp3) is 0.0286. The van der Waals surface area contributed by atoms with Crippen molar-refractivity contribution in [1.82, 2.24) is 10.2 Å². The maximum absolute atomic E-state index is 6.59. The number of allylic oxidation sites excluding steroid dienone is 2. The predicted molar refractivity (Wildman–Crippen MR) is 157 cm³/mol. The highest BCUT2D eigenvalue weighted by Crippen LogP contribution is 2.42. The minimum absolute atomic E-state index is 0.184. The third kappa shape index (κ3) is 3.29. The topological polar surface area (TPSA) is 28.4 Å². The second-order valence-electron chi connectivity index (χ2n) is 9.91. The van der Waals surface area contributed by atoms with Crippen LogP contribution in [0.4, 0.5) is 0 Å². The molecule has 0 saturated carbocycles. The molecule has 0 amide bonds. The molecule has 38 heavy (non-hydrogen) atoms. The van der Waals surface area contributed by atoms with Gasteiger partial charge in [-0.15, -0.1) is 0 Å². The second kappa shape index (κ2) is 8.25. The summed E-state index contributed by atoms with van der Waals surface area (Å²) in [4.78, 5) is 2.19. The van der Waals surface area contributed by atoms with Crippen LogP contribution in [-0.4, -0.2) is 11.1 Å². The summed E-state index contributed by atoms with van der Waals surface area (Å²) in [5.74, 6) is 0. The largest absolute Gasteiger partial charge is 0.455 e. The summed E-state index contributed by atoms with van der Waals surface area (Å²) >= 11 is 0. The van der Waals surface area contributed by atoms with E-state index >= 15 is 0 Å². The van der Waals surface area contributed by atoms with Gasteiger partial charge in [0, 0.05) is 28.7 Å². The number of hydrogen-bond donors (Lipinski definition) is 1. The molecule has 0 bridgehead atoms. The third-order valence-electron chi connectivity index (χ3n) is 7.64. The molecular formula is C35H24N2O. The van der Waals surface area contributed by atoms with Crippen molar-refractivity contribution in [2.24, 2.45) is 0 Å². The van der Waals surface area contributed by atoms with Crippen LogP contribution in [0, 0.1) is 0 Å². The fourth-order valence-electron chi connectivity index (χ4n) is 5.75. The highest BCUT2D eigenvalue weighted by Gasteiger charge is 2.22. The zero-order valence-electron chi connectivity index (χ0n) is 20.6. The minimum Gasteiger partial charge on any atom is -0.455 e. The average Bonchev–Trinajstić information content (AvgIpc) is 3.58. The van der Waals surface area contributed by atoms with Crippen molar-refractivity contribution in [1.29, 1.82) is 0 Å². The Hall–Kier alpha value is -5.02. The molecule has 0 saturated heterocycles. The maximum Gasteiger partial charge on any atom is 0.143 e. The van der Waals surface area contributed by atoms with E-state index in [0.717, 1.165) is 38.8 Å². The molecule has 180 valence electrons. The molecule has 2 aliphatic rings. The lowest BCUT2D eigenvalue weighted by molar-refractivity contribution is 0.427. The van der Waals surface area contributed by atoms with Crippen LogP contribution >= 0.6 is 0 Å². The first kappa shape index (κ1) is 21.1. The zero-order valence-corrected chi connectivity index (χ0v) is 20.6. The fourth-order valence-corrected chi connectivity index (χ4v) is 5.75. The van der Waals surface area contributed by atoms with Crippen LogP contribution in [0.1, 0.15) is 5.56 Å². The molecule has 0 radical (unpaired) electrons. The molecule has 1 unspecified atom stereocenters. The zero-order chi connectivity index (χ0) is 25.1. The summed E-state index contributed by atoms with van der Waals surface area (Å²) in [6, 6.07) is 36.7. The summed E-state index contributed by atoms with van der Waals surface area (Å²) in [7, 11) is 0. The van der Waals surface area contributed by atoms with Gasteiger partial charge in [-0.25, -0.2) is 0 Å². The molecule has 0 fully saturated rings. The smallest absolute Gasteiger partial charge is 0.143 e. The van der Waals surface area contributed by atoms with Crippen molar-refractivity contribution < 1.29 is 4.42 Å². The SMILES string of the molecule is C1=CC2NC(c3ccc(-c4c5ccccc5cc5c4oc4ccc(-c6ccccc6)cc45)cc3)=CN2C=C1. The molecule has 0 aliphatic carbocycles. The van der Waals surface area contributed by atoms with Gasteiger partial charge in [0.25, 0.3) is 0 Å². The molecule has 3 nitrogen and oxygen atoms in total. The number of rotatable bonds is 3. The number of fused-ring (bicyclic) bond motifs is 5. The minimum atomic E-state index is 0.184. The molecule has 2 aliphatic heterocycles. The van der Waals surface area contributed by atoms with Gasteiger partial charge in [0.05, 0.1) is 5.70 Å². The van der Waals surface area contributed by atoms with Crippen LogP contribution in [0.5, 0.6) is 0 Å². The van der Waals surface area contributed by atoms with Crippen molar-refractivity contribution >= 4 is 38.4 Å². The van der Waals surface area contributed by atoms with Gasteiger partial charge in [-0.1, -0.05) is 91.0 Å². The number of benzene rings is 5. The highest BCUT2D eigenvalue weighted by atomic mass is 16.3. The first-order valence-electron chi connectivity index (χ1n) is 13.0. The van der Waals surface area contributed by atoms with Crippen LogP contribution in [0.2, 0.25) is 0 Å². The van der Waals surface area contributed by atoms with Crippen LogP contribution in [0.15, 0.2) is 138 Å². The van der Waals surface area contributed by atoms with Crippen LogP contribution in [-0.2, 0) is 0 Å². The Bertz CT molecular complexity index is 1940. The lowest BCUT2D eigenvalue weighted by Crippen LogP contribution is -2.31. The predicted octanol–water partition coefficient (Wildman–Crippen LogP) is 8.69. The van der Waals surface area contributed by atoms with Gasteiger partial charge in [0.2, 0.25) is 0 Å². The van der Waals surface area contributed by atoms with Gasteiger partial charge in [-0.2, -0.15) is 0 Å². The summed E-state index contributed by atoms with van der Waals surface area (Å²) in [5.41, 5.74) is 8.81. The Morgan fingerprint density at radius 3 is 2.29 bits per heavy atom.